The maximum Gasteiger partial charge on any atom is 0.277 e. The molecule has 0 radical (unpaired) electrons. The predicted octanol–water partition coefficient (Wildman–Crippen LogP) is 4.05. The van der Waals surface area contributed by atoms with Gasteiger partial charge in [0, 0.05) is 0 Å². The summed E-state index contributed by atoms with van der Waals surface area (Å²) in [5.74, 6) is 0.439. The number of hydrogen-bond donors (Lipinski definition) is 1. The third-order valence-electron chi connectivity index (χ3n) is 3.19. The van der Waals surface area contributed by atoms with Gasteiger partial charge >= 0.3 is 0 Å². The van der Waals surface area contributed by atoms with Crippen LogP contribution in [0.2, 0.25) is 0 Å². The monoisotopic (exact) mass is 380 g/mol. The molecule has 22 heavy (non-hydrogen) atoms. The van der Waals surface area contributed by atoms with Crippen LogP contribution < -0.4 is 10.2 Å². The molecule has 1 N–H and O–H groups in total. The summed E-state index contributed by atoms with van der Waals surface area (Å²) in [6.07, 6.45) is 0. The van der Waals surface area contributed by atoms with Crippen LogP contribution in [0.25, 0.3) is 0 Å². The van der Waals surface area contributed by atoms with E-state index in [2.05, 4.69) is 26.5 Å². The number of carbonyl (C=O) groups excluding carboxylic acids is 1. The molecule has 0 spiro atoms. The van der Waals surface area contributed by atoms with Gasteiger partial charge in [-0.05, 0) is 66.0 Å². The molecule has 4 nitrogen and oxygen atoms in total. The molecule has 0 saturated heterocycles. The summed E-state index contributed by atoms with van der Waals surface area (Å²) in [6.45, 7) is 5.77. The highest BCUT2D eigenvalue weighted by Crippen LogP contribution is 2.22. The van der Waals surface area contributed by atoms with Crippen molar-refractivity contribution < 1.29 is 9.53 Å². The van der Waals surface area contributed by atoms with Crippen molar-refractivity contribution in [2.45, 2.75) is 20.8 Å². The van der Waals surface area contributed by atoms with Crippen molar-refractivity contribution in [2.24, 2.45) is 5.10 Å². The summed E-state index contributed by atoms with van der Waals surface area (Å²) < 4.78 is 6.56. The van der Waals surface area contributed by atoms with Gasteiger partial charge in [0.15, 0.2) is 6.61 Å². The molecule has 1 heterocycles. The van der Waals surface area contributed by atoms with E-state index in [0.29, 0.717) is 0 Å². The highest BCUT2D eigenvalue weighted by molar-refractivity contribution is 9.11. The molecular formula is C16H17BrN2O2S. The van der Waals surface area contributed by atoms with Crippen molar-refractivity contribution in [3.63, 3.8) is 0 Å². The third-order valence-corrected chi connectivity index (χ3v) is 4.92. The first-order valence-corrected chi connectivity index (χ1v) is 8.36. The molecule has 0 atom stereocenters. The van der Waals surface area contributed by atoms with Gasteiger partial charge in [0.2, 0.25) is 0 Å². The molecule has 116 valence electrons. The number of halogens is 1. The van der Waals surface area contributed by atoms with Gasteiger partial charge in [0.1, 0.15) is 5.75 Å². The van der Waals surface area contributed by atoms with E-state index in [-0.39, 0.29) is 12.5 Å². The number of nitrogens with zero attached hydrogens (tertiary/aromatic N) is 1. The van der Waals surface area contributed by atoms with Crippen LogP contribution in [-0.2, 0) is 4.79 Å². The van der Waals surface area contributed by atoms with E-state index in [1.54, 1.807) is 11.3 Å². The van der Waals surface area contributed by atoms with Gasteiger partial charge in [-0.3, -0.25) is 4.79 Å². The highest BCUT2D eigenvalue weighted by Gasteiger charge is 2.06. The lowest BCUT2D eigenvalue weighted by Crippen LogP contribution is -2.25. The normalized spacial score (nSPS) is 11.4. The Morgan fingerprint density at radius 1 is 1.32 bits per heavy atom. The molecule has 0 bridgehead atoms. The zero-order chi connectivity index (χ0) is 16.1. The fourth-order valence-electron chi connectivity index (χ4n) is 1.77. The van der Waals surface area contributed by atoms with Gasteiger partial charge in [-0.2, -0.15) is 5.10 Å². The number of hydrogen-bond acceptors (Lipinski definition) is 4. The molecule has 0 aliphatic carbocycles. The summed E-state index contributed by atoms with van der Waals surface area (Å²) in [5, 5.41) is 4.09. The molecule has 2 rings (SSSR count). The minimum atomic E-state index is -0.282. The lowest BCUT2D eigenvalue weighted by molar-refractivity contribution is -0.123. The first-order chi connectivity index (χ1) is 10.5. The summed E-state index contributed by atoms with van der Waals surface area (Å²) in [5.41, 5.74) is 5.44. The second-order valence-corrected chi connectivity index (χ2v) is 7.29. The Kier molecular flexibility index (Phi) is 5.74. The fraction of sp³-hybridized carbons (Fsp3) is 0.250. The third kappa shape index (κ3) is 4.42. The van der Waals surface area contributed by atoms with E-state index in [9.17, 15) is 4.79 Å². The van der Waals surface area contributed by atoms with Gasteiger partial charge in [-0.25, -0.2) is 5.43 Å². The zero-order valence-corrected chi connectivity index (χ0v) is 15.0. The summed E-state index contributed by atoms with van der Waals surface area (Å²) in [7, 11) is 0. The number of aryl methyl sites for hydroxylation is 1. The number of amides is 1. The Hall–Kier alpha value is -1.66. The van der Waals surface area contributed by atoms with Gasteiger partial charge in [0.05, 0.1) is 14.4 Å². The minimum Gasteiger partial charge on any atom is -0.483 e. The molecule has 0 fully saturated rings. The standard InChI is InChI=1S/C16H17BrN2O2S/c1-10-5-4-6-13(11(10)2)21-9-16(20)19-18-12(3)14-7-8-15(17)22-14/h4-8H,9H2,1-3H3,(H,19,20). The van der Waals surface area contributed by atoms with Crippen LogP contribution in [0, 0.1) is 13.8 Å². The molecule has 0 aliphatic heterocycles. The Bertz CT molecular complexity index is 710. The molecule has 6 heteroatoms. The largest absolute Gasteiger partial charge is 0.483 e. The number of thiophene rings is 1. The van der Waals surface area contributed by atoms with Crippen molar-refractivity contribution in [1.82, 2.24) is 5.43 Å². The van der Waals surface area contributed by atoms with Crippen LogP contribution in [0.3, 0.4) is 0 Å². The summed E-state index contributed by atoms with van der Waals surface area (Å²) in [4.78, 5) is 12.8. The Labute approximate surface area is 142 Å². The van der Waals surface area contributed by atoms with E-state index in [0.717, 1.165) is 31.3 Å². The van der Waals surface area contributed by atoms with E-state index in [4.69, 9.17) is 4.74 Å². The topological polar surface area (TPSA) is 50.7 Å². The number of nitrogens with one attached hydrogen (secondary N) is 1. The number of hydrazone groups is 1. The first kappa shape index (κ1) is 16.7. The fourth-order valence-corrected chi connectivity index (χ4v) is 3.10. The lowest BCUT2D eigenvalue weighted by atomic mass is 10.1. The average Bonchev–Trinajstić information content (AvgIpc) is 2.93. The Morgan fingerprint density at radius 3 is 2.77 bits per heavy atom. The number of benzene rings is 1. The van der Waals surface area contributed by atoms with Gasteiger partial charge in [0.25, 0.3) is 5.91 Å². The number of ether oxygens (including phenoxy) is 1. The van der Waals surface area contributed by atoms with E-state index in [1.165, 1.54) is 0 Å². The predicted molar refractivity (Wildman–Crippen MR) is 93.8 cm³/mol. The highest BCUT2D eigenvalue weighted by atomic mass is 79.9. The van der Waals surface area contributed by atoms with Crippen LogP contribution in [0.1, 0.15) is 22.9 Å². The van der Waals surface area contributed by atoms with Crippen LogP contribution in [0.15, 0.2) is 39.2 Å². The van der Waals surface area contributed by atoms with Crippen LogP contribution >= 0.6 is 27.3 Å². The summed E-state index contributed by atoms with van der Waals surface area (Å²) >= 11 is 4.96. The van der Waals surface area contributed by atoms with Crippen molar-refractivity contribution in [2.75, 3.05) is 6.61 Å². The van der Waals surface area contributed by atoms with Crippen LogP contribution in [-0.4, -0.2) is 18.2 Å². The maximum absolute atomic E-state index is 11.8. The molecule has 1 aromatic heterocycles. The SMILES string of the molecule is CC(=NNC(=O)COc1cccc(C)c1C)c1ccc(Br)s1. The van der Waals surface area contributed by atoms with Gasteiger partial charge in [-0.1, -0.05) is 12.1 Å². The first-order valence-electron chi connectivity index (χ1n) is 6.75. The van der Waals surface area contributed by atoms with Gasteiger partial charge in [-0.15, -0.1) is 11.3 Å². The van der Waals surface area contributed by atoms with Crippen molar-refractivity contribution in [3.05, 3.63) is 50.1 Å². The zero-order valence-electron chi connectivity index (χ0n) is 12.6. The number of carbonyl (C=O) groups is 1. The molecule has 0 saturated carbocycles. The Morgan fingerprint density at radius 2 is 2.09 bits per heavy atom. The van der Waals surface area contributed by atoms with Gasteiger partial charge < -0.3 is 4.74 Å². The lowest BCUT2D eigenvalue weighted by Gasteiger charge is -2.09. The summed E-state index contributed by atoms with van der Waals surface area (Å²) in [6, 6.07) is 9.67. The molecule has 0 aliphatic rings. The maximum atomic E-state index is 11.8. The molecule has 1 aromatic carbocycles. The smallest absolute Gasteiger partial charge is 0.277 e. The van der Waals surface area contributed by atoms with E-state index < -0.39 is 0 Å². The molecule has 0 unspecified atom stereocenters. The molecule has 2 aromatic rings. The van der Waals surface area contributed by atoms with Crippen molar-refractivity contribution in [1.29, 1.82) is 0 Å². The van der Waals surface area contributed by atoms with Crippen molar-refractivity contribution >= 4 is 38.9 Å². The Balaban J connectivity index is 1.89. The van der Waals surface area contributed by atoms with Crippen molar-refractivity contribution in [3.8, 4) is 5.75 Å². The number of rotatable bonds is 5. The molecular weight excluding hydrogens is 364 g/mol. The molecule has 1 amide bonds. The minimum absolute atomic E-state index is 0.0603. The second kappa shape index (κ2) is 7.56. The van der Waals surface area contributed by atoms with Crippen LogP contribution in [0.4, 0.5) is 0 Å². The van der Waals surface area contributed by atoms with E-state index in [1.807, 2.05) is 51.1 Å². The quantitative estimate of drug-likeness (QED) is 0.628. The average molecular weight is 381 g/mol. The second-order valence-electron chi connectivity index (χ2n) is 4.82. The van der Waals surface area contributed by atoms with E-state index >= 15 is 0 Å². The van der Waals surface area contributed by atoms with Crippen LogP contribution in [0.5, 0.6) is 5.75 Å².